The maximum atomic E-state index is 12.4. The summed E-state index contributed by atoms with van der Waals surface area (Å²) in [6.45, 7) is 3.06. The second kappa shape index (κ2) is 8.54. The molecule has 30 heavy (non-hydrogen) atoms. The van der Waals surface area contributed by atoms with E-state index in [2.05, 4.69) is 36.1 Å². The topological polar surface area (TPSA) is 89.2 Å². The third-order valence-corrected chi connectivity index (χ3v) is 5.09. The van der Waals surface area contributed by atoms with E-state index in [0.717, 1.165) is 16.9 Å². The number of rotatable bonds is 6. The van der Waals surface area contributed by atoms with Crippen LogP contribution < -0.4 is 10.6 Å². The number of nitrogens with one attached hydrogen (secondary N) is 2. The van der Waals surface area contributed by atoms with E-state index < -0.39 is 0 Å². The molecule has 2 amide bonds. The molecular formula is C22H19BrN4O3. The van der Waals surface area contributed by atoms with Gasteiger partial charge in [0.1, 0.15) is 5.82 Å². The van der Waals surface area contributed by atoms with E-state index in [0.29, 0.717) is 29.0 Å². The molecule has 2 aromatic heterocycles. The Morgan fingerprint density at radius 1 is 1.03 bits per heavy atom. The van der Waals surface area contributed by atoms with E-state index in [9.17, 15) is 9.59 Å². The molecule has 0 radical (unpaired) electrons. The van der Waals surface area contributed by atoms with Crippen LogP contribution in [0.2, 0.25) is 0 Å². The molecule has 0 atom stereocenters. The van der Waals surface area contributed by atoms with Crippen molar-refractivity contribution in [3.8, 4) is 0 Å². The van der Waals surface area contributed by atoms with Gasteiger partial charge in [-0.05, 0) is 71.4 Å². The predicted molar refractivity (Wildman–Crippen MR) is 118 cm³/mol. The fourth-order valence-electron chi connectivity index (χ4n) is 3.20. The Morgan fingerprint density at radius 2 is 1.80 bits per heavy atom. The lowest BCUT2D eigenvalue weighted by Gasteiger charge is -2.09. The van der Waals surface area contributed by atoms with Gasteiger partial charge in [-0.1, -0.05) is 12.1 Å². The Morgan fingerprint density at radius 3 is 2.53 bits per heavy atom. The molecule has 0 aliphatic carbocycles. The average Bonchev–Trinajstić information content (AvgIpc) is 3.31. The van der Waals surface area contributed by atoms with Crippen molar-refractivity contribution in [3.63, 3.8) is 0 Å². The number of aromatic nitrogens is 2. The molecule has 0 unspecified atom stereocenters. The molecule has 2 heterocycles. The summed E-state index contributed by atoms with van der Waals surface area (Å²) < 4.78 is 7.79. The first-order valence-corrected chi connectivity index (χ1v) is 10.2. The summed E-state index contributed by atoms with van der Waals surface area (Å²) in [6, 6.07) is 17.8. The lowest BCUT2D eigenvalue weighted by Crippen LogP contribution is -2.27. The minimum Gasteiger partial charge on any atom is -0.444 e. The number of benzene rings is 2. The number of anilines is 1. The molecule has 4 aromatic rings. The Hall–Kier alpha value is -3.39. The molecule has 0 saturated heterocycles. The van der Waals surface area contributed by atoms with E-state index >= 15 is 0 Å². The van der Waals surface area contributed by atoms with E-state index in [1.165, 1.54) is 0 Å². The van der Waals surface area contributed by atoms with E-state index in [4.69, 9.17) is 4.42 Å². The van der Waals surface area contributed by atoms with Gasteiger partial charge >= 0.3 is 0 Å². The quantitative estimate of drug-likeness (QED) is 0.441. The number of furan rings is 1. The largest absolute Gasteiger partial charge is 0.444 e. The summed E-state index contributed by atoms with van der Waals surface area (Å²) in [4.78, 5) is 29.1. The molecular weight excluding hydrogens is 448 g/mol. The maximum absolute atomic E-state index is 12.4. The first-order chi connectivity index (χ1) is 14.5. The highest BCUT2D eigenvalue weighted by Crippen LogP contribution is 2.17. The number of halogens is 1. The highest BCUT2D eigenvalue weighted by atomic mass is 79.9. The van der Waals surface area contributed by atoms with Gasteiger partial charge in [0.15, 0.2) is 10.4 Å². The van der Waals surface area contributed by atoms with Crippen LogP contribution >= 0.6 is 15.9 Å². The van der Waals surface area contributed by atoms with Gasteiger partial charge in [-0.3, -0.25) is 9.59 Å². The average molecular weight is 467 g/mol. The second-order valence-electron chi connectivity index (χ2n) is 6.69. The van der Waals surface area contributed by atoms with Crippen LogP contribution in [-0.2, 0) is 6.54 Å². The highest BCUT2D eigenvalue weighted by Gasteiger charge is 2.12. The van der Waals surface area contributed by atoms with Crippen molar-refractivity contribution >= 4 is 44.5 Å². The molecule has 4 rings (SSSR count). The molecule has 2 aromatic carbocycles. The van der Waals surface area contributed by atoms with Gasteiger partial charge in [-0.2, -0.15) is 0 Å². The summed E-state index contributed by atoms with van der Waals surface area (Å²) in [7, 11) is 0. The van der Waals surface area contributed by atoms with Gasteiger partial charge in [-0.25, -0.2) is 4.98 Å². The van der Waals surface area contributed by atoms with Crippen LogP contribution in [-0.4, -0.2) is 27.9 Å². The number of amides is 2. The third kappa shape index (κ3) is 4.28. The smallest absolute Gasteiger partial charge is 0.291 e. The van der Waals surface area contributed by atoms with Crippen molar-refractivity contribution in [2.45, 2.75) is 13.5 Å². The van der Waals surface area contributed by atoms with E-state index in [-0.39, 0.29) is 17.6 Å². The minimum atomic E-state index is -0.360. The van der Waals surface area contributed by atoms with Crippen LogP contribution in [0, 0.1) is 6.92 Å². The highest BCUT2D eigenvalue weighted by molar-refractivity contribution is 9.10. The van der Waals surface area contributed by atoms with Gasteiger partial charge < -0.3 is 19.6 Å². The zero-order chi connectivity index (χ0) is 21.1. The van der Waals surface area contributed by atoms with Gasteiger partial charge in [0.25, 0.3) is 11.8 Å². The SMILES string of the molecule is Cc1nc2ccccc2n1CCNC(=O)c1ccc(NC(=O)c2ccc(Br)o2)cc1. The molecule has 2 N–H and O–H groups in total. The van der Waals surface area contributed by atoms with Gasteiger partial charge in [0.2, 0.25) is 0 Å². The van der Waals surface area contributed by atoms with Crippen molar-refractivity contribution in [1.82, 2.24) is 14.9 Å². The Labute approximate surface area is 181 Å². The summed E-state index contributed by atoms with van der Waals surface area (Å²) in [5, 5.41) is 5.65. The number of hydrogen-bond acceptors (Lipinski definition) is 4. The molecule has 0 saturated carbocycles. The van der Waals surface area contributed by atoms with Gasteiger partial charge in [0.05, 0.1) is 11.0 Å². The van der Waals surface area contributed by atoms with E-state index in [1.807, 2.05) is 31.2 Å². The van der Waals surface area contributed by atoms with Gasteiger partial charge in [0, 0.05) is 24.3 Å². The Balaban J connectivity index is 1.33. The van der Waals surface area contributed by atoms with Crippen molar-refractivity contribution in [3.05, 3.63) is 82.5 Å². The molecule has 8 heteroatoms. The normalized spacial score (nSPS) is 10.9. The van der Waals surface area contributed by atoms with Crippen LogP contribution in [0.5, 0.6) is 0 Å². The molecule has 7 nitrogen and oxygen atoms in total. The maximum Gasteiger partial charge on any atom is 0.291 e. The fraction of sp³-hybridized carbons (Fsp3) is 0.136. The standard InChI is InChI=1S/C22H19BrN4O3/c1-14-25-17-4-2-3-5-18(17)27(14)13-12-24-21(28)15-6-8-16(9-7-15)26-22(29)19-10-11-20(23)30-19/h2-11H,12-13H2,1H3,(H,24,28)(H,26,29). The molecule has 0 bridgehead atoms. The predicted octanol–water partition coefficient (Wildman–Crippen LogP) is 4.38. The zero-order valence-electron chi connectivity index (χ0n) is 16.2. The second-order valence-corrected chi connectivity index (χ2v) is 7.47. The lowest BCUT2D eigenvalue weighted by atomic mass is 10.2. The lowest BCUT2D eigenvalue weighted by molar-refractivity contribution is 0.0951. The minimum absolute atomic E-state index is 0.176. The number of imidazole rings is 1. The third-order valence-electron chi connectivity index (χ3n) is 4.67. The number of aryl methyl sites for hydroxylation is 1. The van der Waals surface area contributed by atoms with Crippen molar-refractivity contribution in [1.29, 1.82) is 0 Å². The molecule has 152 valence electrons. The first kappa shape index (κ1) is 19.9. The number of hydrogen-bond donors (Lipinski definition) is 2. The van der Waals surface area contributed by atoms with Crippen molar-refractivity contribution in [2.75, 3.05) is 11.9 Å². The monoisotopic (exact) mass is 466 g/mol. The van der Waals surface area contributed by atoms with Crippen molar-refractivity contribution in [2.24, 2.45) is 0 Å². The van der Waals surface area contributed by atoms with Crippen LogP contribution in [0.15, 0.2) is 69.8 Å². The Bertz CT molecular complexity index is 1210. The summed E-state index contributed by atoms with van der Waals surface area (Å²) >= 11 is 3.16. The summed E-state index contributed by atoms with van der Waals surface area (Å²) in [5.41, 5.74) is 3.08. The van der Waals surface area contributed by atoms with E-state index in [1.54, 1.807) is 36.4 Å². The van der Waals surface area contributed by atoms with Crippen LogP contribution in [0.4, 0.5) is 5.69 Å². The number of carbonyl (C=O) groups is 2. The number of fused-ring (bicyclic) bond motifs is 1. The van der Waals surface area contributed by atoms with Crippen LogP contribution in [0.25, 0.3) is 11.0 Å². The number of nitrogens with zero attached hydrogens (tertiary/aromatic N) is 2. The fourth-order valence-corrected chi connectivity index (χ4v) is 3.50. The molecule has 0 spiro atoms. The van der Waals surface area contributed by atoms with Gasteiger partial charge in [-0.15, -0.1) is 0 Å². The van der Waals surface area contributed by atoms with Crippen LogP contribution in [0.1, 0.15) is 26.7 Å². The number of carbonyl (C=O) groups excluding carboxylic acids is 2. The summed E-state index contributed by atoms with van der Waals surface area (Å²) in [6.07, 6.45) is 0. The van der Waals surface area contributed by atoms with Crippen molar-refractivity contribution < 1.29 is 14.0 Å². The first-order valence-electron chi connectivity index (χ1n) is 9.38. The molecule has 0 aliphatic rings. The summed E-state index contributed by atoms with van der Waals surface area (Å²) in [5.74, 6) is 0.575. The Kier molecular flexibility index (Phi) is 5.67. The van der Waals surface area contributed by atoms with Crippen LogP contribution in [0.3, 0.4) is 0 Å². The number of para-hydroxylation sites is 2. The molecule has 0 fully saturated rings. The zero-order valence-corrected chi connectivity index (χ0v) is 17.8. The molecule has 0 aliphatic heterocycles.